The lowest BCUT2D eigenvalue weighted by molar-refractivity contribution is -0.128. The number of benzene rings is 2. The predicted molar refractivity (Wildman–Crippen MR) is 109 cm³/mol. The quantitative estimate of drug-likeness (QED) is 0.647. The maximum Gasteiger partial charge on any atom is 0.251 e. The molecule has 0 fully saturated rings. The number of amides is 2. The van der Waals surface area contributed by atoms with E-state index in [1.807, 2.05) is 24.4 Å². The predicted octanol–water partition coefficient (Wildman–Crippen LogP) is 2.72. The van der Waals surface area contributed by atoms with Crippen molar-refractivity contribution in [3.8, 4) is 11.5 Å². The van der Waals surface area contributed by atoms with Gasteiger partial charge in [-0.25, -0.2) is 0 Å². The molecule has 150 valence electrons. The van der Waals surface area contributed by atoms with Crippen molar-refractivity contribution in [2.45, 2.75) is 13.3 Å². The fourth-order valence-electron chi connectivity index (χ4n) is 3.46. The number of H-pyrrole nitrogens is 1. The Balaban J connectivity index is 1.30. The summed E-state index contributed by atoms with van der Waals surface area (Å²) in [6.07, 6.45) is 2.74. The lowest BCUT2D eigenvalue weighted by Crippen LogP contribution is -2.38. The van der Waals surface area contributed by atoms with Gasteiger partial charge in [0.2, 0.25) is 12.7 Å². The number of carbonyl (C=O) groups is 2. The number of aromatic amines is 1. The number of nitrogens with zero attached hydrogens (tertiary/aromatic N) is 1. The minimum absolute atomic E-state index is 0.0119. The lowest BCUT2D eigenvalue weighted by Gasteiger charge is -2.21. The molecule has 0 bridgehead atoms. The van der Waals surface area contributed by atoms with Crippen LogP contribution in [0.4, 0.5) is 0 Å². The Hall–Kier alpha value is -3.48. The van der Waals surface area contributed by atoms with E-state index in [1.54, 1.807) is 30.0 Å². The number of rotatable bonds is 7. The number of para-hydroxylation sites is 1. The Morgan fingerprint density at radius 1 is 1.10 bits per heavy atom. The van der Waals surface area contributed by atoms with E-state index in [1.165, 1.54) is 10.9 Å². The molecule has 0 saturated carbocycles. The molecule has 2 heterocycles. The average molecular weight is 393 g/mol. The maximum atomic E-state index is 12.4. The van der Waals surface area contributed by atoms with E-state index < -0.39 is 0 Å². The number of hydrogen-bond acceptors (Lipinski definition) is 4. The van der Waals surface area contributed by atoms with Crippen LogP contribution in [0, 0.1) is 0 Å². The minimum Gasteiger partial charge on any atom is -0.454 e. The van der Waals surface area contributed by atoms with Crippen molar-refractivity contribution in [3.63, 3.8) is 0 Å². The second-order valence-corrected chi connectivity index (χ2v) is 6.94. The topological polar surface area (TPSA) is 83.7 Å². The molecule has 0 unspecified atom stereocenters. The highest BCUT2D eigenvalue weighted by Crippen LogP contribution is 2.32. The molecule has 3 aromatic rings. The van der Waals surface area contributed by atoms with Gasteiger partial charge >= 0.3 is 0 Å². The van der Waals surface area contributed by atoms with Crippen LogP contribution in [0.2, 0.25) is 0 Å². The Kier molecular flexibility index (Phi) is 5.37. The van der Waals surface area contributed by atoms with Crippen LogP contribution in [0.3, 0.4) is 0 Å². The SMILES string of the molecule is CC(=O)N(CCNC(=O)c1ccc2c(c1)OCO2)CCc1c[nH]c2ccccc12. The third-order valence-corrected chi connectivity index (χ3v) is 5.07. The third kappa shape index (κ3) is 4.18. The van der Waals surface area contributed by atoms with Crippen LogP contribution in [0.5, 0.6) is 11.5 Å². The summed E-state index contributed by atoms with van der Waals surface area (Å²) < 4.78 is 10.6. The second-order valence-electron chi connectivity index (χ2n) is 6.94. The van der Waals surface area contributed by atoms with Gasteiger partial charge in [0.15, 0.2) is 11.5 Å². The Labute approximate surface area is 168 Å². The molecule has 0 spiro atoms. The molecule has 4 rings (SSSR count). The van der Waals surface area contributed by atoms with Crippen LogP contribution in [-0.4, -0.2) is 48.1 Å². The molecule has 0 aliphatic carbocycles. The van der Waals surface area contributed by atoms with E-state index in [9.17, 15) is 9.59 Å². The molecule has 29 heavy (non-hydrogen) atoms. The molecule has 2 N–H and O–H groups in total. The maximum absolute atomic E-state index is 12.4. The number of fused-ring (bicyclic) bond motifs is 2. The van der Waals surface area contributed by atoms with Crippen LogP contribution in [0.1, 0.15) is 22.8 Å². The first-order valence-electron chi connectivity index (χ1n) is 9.60. The summed E-state index contributed by atoms with van der Waals surface area (Å²) >= 11 is 0. The lowest BCUT2D eigenvalue weighted by atomic mass is 10.1. The van der Waals surface area contributed by atoms with Crippen molar-refractivity contribution >= 4 is 22.7 Å². The van der Waals surface area contributed by atoms with E-state index in [-0.39, 0.29) is 18.6 Å². The molecule has 7 heteroatoms. The van der Waals surface area contributed by atoms with Crippen LogP contribution >= 0.6 is 0 Å². The summed E-state index contributed by atoms with van der Waals surface area (Å²) in [7, 11) is 0. The molecule has 0 atom stereocenters. The zero-order valence-corrected chi connectivity index (χ0v) is 16.2. The van der Waals surface area contributed by atoms with Gasteiger partial charge in [0, 0.05) is 49.2 Å². The van der Waals surface area contributed by atoms with Gasteiger partial charge in [-0.1, -0.05) is 18.2 Å². The molecule has 2 aromatic carbocycles. The molecular weight excluding hydrogens is 370 g/mol. The van der Waals surface area contributed by atoms with Gasteiger partial charge in [-0.05, 0) is 36.2 Å². The van der Waals surface area contributed by atoms with Crippen molar-refractivity contribution in [3.05, 3.63) is 59.8 Å². The highest BCUT2D eigenvalue weighted by molar-refractivity contribution is 5.95. The molecule has 1 aliphatic rings. The number of hydrogen-bond donors (Lipinski definition) is 2. The standard InChI is InChI=1S/C22H23N3O4/c1-15(26)25(10-8-17-13-24-19-5-3-2-4-18(17)19)11-9-23-22(27)16-6-7-20-21(12-16)29-14-28-20/h2-7,12-13,24H,8-11,14H2,1H3,(H,23,27). The Bertz CT molecular complexity index is 1040. The second kappa shape index (κ2) is 8.26. The molecule has 7 nitrogen and oxygen atoms in total. The minimum atomic E-state index is -0.205. The van der Waals surface area contributed by atoms with E-state index in [0.717, 1.165) is 11.9 Å². The fourth-order valence-corrected chi connectivity index (χ4v) is 3.46. The van der Waals surface area contributed by atoms with Gasteiger partial charge in [-0.3, -0.25) is 9.59 Å². The molecule has 0 radical (unpaired) electrons. The zero-order valence-electron chi connectivity index (χ0n) is 16.2. The van der Waals surface area contributed by atoms with Crippen LogP contribution in [-0.2, 0) is 11.2 Å². The normalized spacial score (nSPS) is 12.2. The summed E-state index contributed by atoms with van der Waals surface area (Å²) in [4.78, 5) is 29.4. The fraction of sp³-hybridized carbons (Fsp3) is 0.273. The van der Waals surface area contributed by atoms with Gasteiger partial charge < -0.3 is 24.7 Å². The van der Waals surface area contributed by atoms with Gasteiger partial charge in [0.1, 0.15) is 0 Å². The molecule has 0 saturated heterocycles. The number of carbonyl (C=O) groups excluding carboxylic acids is 2. The number of nitrogens with one attached hydrogen (secondary N) is 2. The number of ether oxygens (including phenoxy) is 2. The van der Waals surface area contributed by atoms with Crippen LogP contribution in [0.25, 0.3) is 10.9 Å². The zero-order chi connectivity index (χ0) is 20.2. The molecule has 1 aliphatic heterocycles. The Morgan fingerprint density at radius 3 is 2.79 bits per heavy atom. The monoisotopic (exact) mass is 393 g/mol. The Morgan fingerprint density at radius 2 is 1.93 bits per heavy atom. The van der Waals surface area contributed by atoms with Gasteiger partial charge in [-0.15, -0.1) is 0 Å². The number of aromatic nitrogens is 1. The van der Waals surface area contributed by atoms with E-state index in [2.05, 4.69) is 16.4 Å². The molecule has 2 amide bonds. The van der Waals surface area contributed by atoms with Crippen molar-refractivity contribution in [2.24, 2.45) is 0 Å². The van der Waals surface area contributed by atoms with Gasteiger partial charge in [0.05, 0.1) is 0 Å². The van der Waals surface area contributed by atoms with E-state index in [0.29, 0.717) is 36.7 Å². The smallest absolute Gasteiger partial charge is 0.251 e. The average Bonchev–Trinajstić information content (AvgIpc) is 3.36. The highest BCUT2D eigenvalue weighted by Gasteiger charge is 2.16. The third-order valence-electron chi connectivity index (χ3n) is 5.07. The van der Waals surface area contributed by atoms with Crippen molar-refractivity contribution in [1.29, 1.82) is 0 Å². The first-order valence-corrected chi connectivity index (χ1v) is 9.60. The molecular formula is C22H23N3O4. The van der Waals surface area contributed by atoms with E-state index >= 15 is 0 Å². The van der Waals surface area contributed by atoms with Gasteiger partial charge in [0.25, 0.3) is 5.91 Å². The summed E-state index contributed by atoms with van der Waals surface area (Å²) in [6.45, 7) is 3.14. The van der Waals surface area contributed by atoms with Crippen molar-refractivity contribution in [2.75, 3.05) is 26.4 Å². The summed E-state index contributed by atoms with van der Waals surface area (Å²) in [5.74, 6) is 0.994. The summed E-state index contributed by atoms with van der Waals surface area (Å²) in [5.41, 5.74) is 2.77. The highest BCUT2D eigenvalue weighted by atomic mass is 16.7. The van der Waals surface area contributed by atoms with Gasteiger partial charge in [-0.2, -0.15) is 0 Å². The summed E-state index contributed by atoms with van der Waals surface area (Å²) in [5, 5.41) is 4.04. The van der Waals surface area contributed by atoms with Crippen molar-refractivity contribution in [1.82, 2.24) is 15.2 Å². The van der Waals surface area contributed by atoms with Crippen molar-refractivity contribution < 1.29 is 19.1 Å². The molecule has 1 aromatic heterocycles. The summed E-state index contributed by atoms with van der Waals surface area (Å²) in [6, 6.07) is 13.2. The first kappa shape index (κ1) is 18.9. The largest absolute Gasteiger partial charge is 0.454 e. The first-order chi connectivity index (χ1) is 14.1. The van der Waals surface area contributed by atoms with Crippen LogP contribution in [0.15, 0.2) is 48.7 Å². The van der Waals surface area contributed by atoms with E-state index in [4.69, 9.17) is 9.47 Å². The van der Waals surface area contributed by atoms with Crippen LogP contribution < -0.4 is 14.8 Å².